The zero-order valence-electron chi connectivity index (χ0n) is 9.78. The van der Waals surface area contributed by atoms with Gasteiger partial charge in [-0.15, -0.1) is 5.10 Å². The maximum absolute atomic E-state index is 5.83. The molecule has 0 radical (unpaired) electrons. The van der Waals surface area contributed by atoms with E-state index in [-0.39, 0.29) is 11.3 Å². The number of aryl methyl sites for hydroxylation is 1. The van der Waals surface area contributed by atoms with Crippen LogP contribution in [0.3, 0.4) is 0 Å². The van der Waals surface area contributed by atoms with E-state index in [9.17, 15) is 0 Å². The second kappa shape index (κ2) is 4.65. The summed E-state index contributed by atoms with van der Waals surface area (Å²) in [7, 11) is 0. The first-order valence-electron chi connectivity index (χ1n) is 5.30. The van der Waals surface area contributed by atoms with Gasteiger partial charge >= 0.3 is 6.01 Å². The zero-order chi connectivity index (χ0) is 13.2. The Bertz CT molecular complexity index is 694. The van der Waals surface area contributed by atoms with E-state index in [1.807, 2.05) is 6.92 Å². The molecule has 3 heterocycles. The number of halogens is 1. The van der Waals surface area contributed by atoms with Crippen molar-refractivity contribution in [2.75, 3.05) is 0 Å². The highest BCUT2D eigenvalue weighted by Crippen LogP contribution is 2.17. The molecule has 96 valence electrons. The van der Waals surface area contributed by atoms with Gasteiger partial charge in [-0.25, -0.2) is 4.98 Å². The van der Waals surface area contributed by atoms with Gasteiger partial charge in [-0.2, -0.15) is 15.0 Å². The smallest absolute Gasteiger partial charge is 0.329 e. The Morgan fingerprint density at radius 3 is 2.89 bits per heavy atom. The lowest BCUT2D eigenvalue weighted by molar-refractivity contribution is 0.421. The van der Waals surface area contributed by atoms with Crippen LogP contribution in [0, 0.1) is 6.92 Å². The van der Waals surface area contributed by atoms with E-state index in [1.54, 1.807) is 29.4 Å². The van der Waals surface area contributed by atoms with Gasteiger partial charge in [0.15, 0.2) is 0 Å². The van der Waals surface area contributed by atoms with Crippen molar-refractivity contribution in [2.45, 2.75) is 6.92 Å². The summed E-state index contributed by atoms with van der Waals surface area (Å²) in [6, 6.07) is 1.78. The van der Waals surface area contributed by atoms with Gasteiger partial charge in [0.1, 0.15) is 6.33 Å². The first kappa shape index (κ1) is 11.6. The lowest BCUT2D eigenvalue weighted by Crippen LogP contribution is -2.03. The fourth-order valence-electron chi connectivity index (χ4n) is 1.40. The quantitative estimate of drug-likeness (QED) is 0.780. The maximum Gasteiger partial charge on any atom is 0.329 e. The molecule has 0 fully saturated rings. The molecule has 0 spiro atoms. The van der Waals surface area contributed by atoms with Gasteiger partial charge < -0.3 is 4.74 Å². The van der Waals surface area contributed by atoms with Gasteiger partial charge in [-0.3, -0.25) is 9.67 Å². The van der Waals surface area contributed by atoms with Crippen molar-refractivity contribution in [2.24, 2.45) is 0 Å². The number of hydrogen-bond acceptors (Lipinski definition) is 6. The molecule has 0 atom stereocenters. The Labute approximate surface area is 112 Å². The van der Waals surface area contributed by atoms with Crippen LogP contribution in [-0.4, -0.2) is 34.7 Å². The summed E-state index contributed by atoms with van der Waals surface area (Å²) in [6.07, 6.45) is 4.84. The third-order valence-electron chi connectivity index (χ3n) is 2.19. The number of nitrogens with zero attached hydrogens (tertiary/aromatic N) is 6. The third-order valence-corrected chi connectivity index (χ3v) is 2.36. The number of ether oxygens (including phenoxy) is 1. The van der Waals surface area contributed by atoms with Crippen LogP contribution >= 0.6 is 11.6 Å². The second-order valence-electron chi connectivity index (χ2n) is 3.65. The van der Waals surface area contributed by atoms with Gasteiger partial charge in [-0.05, 0) is 18.5 Å². The number of imidazole rings is 1. The van der Waals surface area contributed by atoms with Crippen molar-refractivity contribution >= 4 is 11.6 Å². The van der Waals surface area contributed by atoms with E-state index >= 15 is 0 Å². The van der Waals surface area contributed by atoms with Crippen LogP contribution in [0.4, 0.5) is 0 Å². The van der Waals surface area contributed by atoms with Crippen LogP contribution < -0.4 is 4.74 Å². The second-order valence-corrected chi connectivity index (χ2v) is 3.99. The van der Waals surface area contributed by atoms with Crippen LogP contribution in [0.2, 0.25) is 5.28 Å². The van der Waals surface area contributed by atoms with E-state index in [0.29, 0.717) is 11.8 Å². The predicted octanol–water partition coefficient (Wildman–Crippen LogP) is 1.53. The SMILES string of the molecule is Cc1cc(Oc2nc(Cl)nc(-n3ccnc3)n2)n[nH]1. The summed E-state index contributed by atoms with van der Waals surface area (Å²) in [5, 5.41) is 6.70. The van der Waals surface area contributed by atoms with Crippen molar-refractivity contribution in [3.63, 3.8) is 0 Å². The molecule has 0 aliphatic rings. The lowest BCUT2D eigenvalue weighted by Gasteiger charge is -2.03. The molecular formula is C10H8ClN7O. The van der Waals surface area contributed by atoms with Gasteiger partial charge in [0.2, 0.25) is 17.1 Å². The third kappa shape index (κ3) is 2.52. The van der Waals surface area contributed by atoms with Gasteiger partial charge in [-0.1, -0.05) is 0 Å². The van der Waals surface area contributed by atoms with Crippen molar-refractivity contribution in [3.05, 3.63) is 35.8 Å². The van der Waals surface area contributed by atoms with E-state index in [1.165, 1.54) is 0 Å². The molecule has 0 bridgehead atoms. The minimum Gasteiger partial charge on any atom is -0.403 e. The molecule has 0 amide bonds. The monoisotopic (exact) mass is 277 g/mol. The molecule has 0 aliphatic heterocycles. The number of aromatic amines is 1. The average Bonchev–Trinajstić information content (AvgIpc) is 3.00. The largest absolute Gasteiger partial charge is 0.403 e. The molecule has 0 aromatic carbocycles. The average molecular weight is 278 g/mol. The van der Waals surface area contributed by atoms with E-state index < -0.39 is 0 Å². The standard InChI is InChI=1S/C10H8ClN7O/c1-6-4-7(17-16-6)19-10-14-8(11)13-9(15-10)18-3-2-12-5-18/h2-5H,1H3,(H,16,17). The first-order chi connectivity index (χ1) is 9.20. The molecule has 3 aromatic rings. The molecule has 9 heteroatoms. The number of nitrogens with one attached hydrogen (secondary N) is 1. The molecule has 19 heavy (non-hydrogen) atoms. The summed E-state index contributed by atoms with van der Waals surface area (Å²) in [5.74, 6) is 0.677. The molecule has 3 rings (SSSR count). The van der Waals surface area contributed by atoms with Crippen LogP contribution in [0.5, 0.6) is 11.9 Å². The fourth-order valence-corrected chi connectivity index (χ4v) is 1.55. The highest BCUT2D eigenvalue weighted by molar-refractivity contribution is 6.28. The summed E-state index contributed by atoms with van der Waals surface area (Å²) in [5.41, 5.74) is 0.866. The van der Waals surface area contributed by atoms with Crippen molar-refractivity contribution < 1.29 is 4.74 Å². The molecule has 1 N–H and O–H groups in total. The van der Waals surface area contributed by atoms with E-state index in [0.717, 1.165) is 5.69 Å². The van der Waals surface area contributed by atoms with E-state index in [2.05, 4.69) is 30.1 Å². The van der Waals surface area contributed by atoms with Crippen LogP contribution in [0.1, 0.15) is 5.69 Å². The molecule has 0 aliphatic carbocycles. The van der Waals surface area contributed by atoms with Crippen molar-refractivity contribution in [1.29, 1.82) is 0 Å². The maximum atomic E-state index is 5.83. The van der Waals surface area contributed by atoms with Crippen molar-refractivity contribution in [3.8, 4) is 17.8 Å². The normalized spacial score (nSPS) is 10.6. The Morgan fingerprint density at radius 2 is 2.21 bits per heavy atom. The summed E-state index contributed by atoms with van der Waals surface area (Å²) < 4.78 is 6.99. The molecule has 8 nitrogen and oxygen atoms in total. The minimum atomic E-state index is 0.0287. The number of rotatable bonds is 3. The number of hydrogen-bond donors (Lipinski definition) is 1. The minimum absolute atomic E-state index is 0.0287. The Hall–Kier alpha value is -2.48. The Morgan fingerprint density at radius 1 is 1.32 bits per heavy atom. The van der Waals surface area contributed by atoms with Crippen LogP contribution in [0.25, 0.3) is 5.95 Å². The van der Waals surface area contributed by atoms with Crippen LogP contribution in [-0.2, 0) is 0 Å². The molecule has 3 aromatic heterocycles. The Kier molecular flexibility index (Phi) is 2.84. The van der Waals surface area contributed by atoms with E-state index in [4.69, 9.17) is 16.3 Å². The highest BCUT2D eigenvalue weighted by atomic mass is 35.5. The Balaban J connectivity index is 1.94. The number of aromatic nitrogens is 7. The zero-order valence-corrected chi connectivity index (χ0v) is 10.5. The topological polar surface area (TPSA) is 94.4 Å². The molecular weight excluding hydrogens is 270 g/mol. The number of H-pyrrole nitrogens is 1. The summed E-state index contributed by atoms with van der Waals surface area (Å²) in [4.78, 5) is 15.9. The highest BCUT2D eigenvalue weighted by Gasteiger charge is 2.10. The van der Waals surface area contributed by atoms with Gasteiger partial charge in [0.05, 0.1) is 0 Å². The predicted molar refractivity (Wildman–Crippen MR) is 65.4 cm³/mol. The molecule has 0 saturated heterocycles. The van der Waals surface area contributed by atoms with Gasteiger partial charge in [0, 0.05) is 24.2 Å². The summed E-state index contributed by atoms with van der Waals surface area (Å²) >= 11 is 5.83. The van der Waals surface area contributed by atoms with Gasteiger partial charge in [0.25, 0.3) is 0 Å². The summed E-state index contributed by atoms with van der Waals surface area (Å²) in [6.45, 7) is 1.86. The fraction of sp³-hybridized carbons (Fsp3) is 0.100. The first-order valence-corrected chi connectivity index (χ1v) is 5.68. The molecule has 0 saturated carbocycles. The van der Waals surface area contributed by atoms with Crippen molar-refractivity contribution in [1.82, 2.24) is 34.7 Å². The van der Waals surface area contributed by atoms with Crippen LogP contribution in [0.15, 0.2) is 24.8 Å². The molecule has 0 unspecified atom stereocenters. The lowest BCUT2D eigenvalue weighted by atomic mass is 10.5.